The first-order chi connectivity index (χ1) is 9.73. The summed E-state index contributed by atoms with van der Waals surface area (Å²) in [5.74, 6) is -0.156. The van der Waals surface area contributed by atoms with Gasteiger partial charge in [0.15, 0.2) is 0 Å². The number of anilines is 2. The molecule has 9 heteroatoms. The molecule has 118 valence electrons. The predicted octanol–water partition coefficient (Wildman–Crippen LogP) is 0.397. The van der Waals surface area contributed by atoms with Gasteiger partial charge in [-0.3, -0.25) is 9.03 Å². The molecule has 0 unspecified atom stereocenters. The topological polar surface area (TPSA) is 92.8 Å². The lowest BCUT2D eigenvalue weighted by atomic mass is 10.1. The van der Waals surface area contributed by atoms with Gasteiger partial charge in [-0.25, -0.2) is 16.8 Å². The summed E-state index contributed by atoms with van der Waals surface area (Å²) >= 11 is 0. The van der Waals surface area contributed by atoms with E-state index in [1.807, 2.05) is 0 Å². The summed E-state index contributed by atoms with van der Waals surface area (Å²) in [6, 6.07) is 4.93. The summed E-state index contributed by atoms with van der Waals surface area (Å²) in [6.07, 6.45) is 1.76. The molecule has 1 heterocycles. The molecule has 7 nitrogen and oxygen atoms in total. The SMILES string of the molecule is COCCS(=O)(=O)Nc1ccc2c(c1)N(S(C)(=O)=O)CC2. The molecule has 0 spiro atoms. The fraction of sp³-hybridized carbons (Fsp3) is 0.500. The highest BCUT2D eigenvalue weighted by atomic mass is 32.2. The van der Waals surface area contributed by atoms with E-state index in [4.69, 9.17) is 4.74 Å². The first-order valence-corrected chi connectivity index (χ1v) is 9.83. The largest absolute Gasteiger partial charge is 0.384 e. The van der Waals surface area contributed by atoms with E-state index in [1.54, 1.807) is 18.2 Å². The van der Waals surface area contributed by atoms with Crippen molar-refractivity contribution in [1.82, 2.24) is 0 Å². The summed E-state index contributed by atoms with van der Waals surface area (Å²) in [5, 5.41) is 0. The average molecular weight is 334 g/mol. The maximum atomic E-state index is 11.8. The number of hydrogen-bond acceptors (Lipinski definition) is 5. The molecule has 0 atom stereocenters. The number of benzene rings is 1. The molecule has 0 fully saturated rings. The first-order valence-electron chi connectivity index (χ1n) is 6.33. The van der Waals surface area contributed by atoms with Gasteiger partial charge in [0, 0.05) is 13.7 Å². The lowest BCUT2D eigenvalue weighted by Gasteiger charge is -2.17. The minimum atomic E-state index is -3.51. The van der Waals surface area contributed by atoms with Crippen LogP contribution in [0.15, 0.2) is 18.2 Å². The molecule has 0 aliphatic carbocycles. The van der Waals surface area contributed by atoms with Crippen LogP contribution in [-0.2, 0) is 31.2 Å². The fourth-order valence-corrected chi connectivity index (χ4v) is 4.11. The van der Waals surface area contributed by atoms with Crippen molar-refractivity contribution in [2.24, 2.45) is 0 Å². The Hall–Kier alpha value is -1.32. The van der Waals surface area contributed by atoms with E-state index in [-0.39, 0.29) is 12.4 Å². The van der Waals surface area contributed by atoms with Crippen molar-refractivity contribution in [3.63, 3.8) is 0 Å². The van der Waals surface area contributed by atoms with Crippen LogP contribution in [0.2, 0.25) is 0 Å². The van der Waals surface area contributed by atoms with Gasteiger partial charge in [-0.15, -0.1) is 0 Å². The Bertz CT molecular complexity index is 728. The van der Waals surface area contributed by atoms with E-state index in [0.717, 1.165) is 11.8 Å². The van der Waals surface area contributed by atoms with Gasteiger partial charge in [-0.1, -0.05) is 6.07 Å². The highest BCUT2D eigenvalue weighted by molar-refractivity contribution is 7.92. The van der Waals surface area contributed by atoms with Gasteiger partial charge in [0.2, 0.25) is 20.0 Å². The van der Waals surface area contributed by atoms with E-state index in [2.05, 4.69) is 4.72 Å². The molecule has 21 heavy (non-hydrogen) atoms. The van der Waals surface area contributed by atoms with E-state index >= 15 is 0 Å². The van der Waals surface area contributed by atoms with E-state index in [9.17, 15) is 16.8 Å². The standard InChI is InChI=1S/C12H18N2O5S2/c1-19-7-8-21(17,18)13-11-4-3-10-5-6-14(12(10)9-11)20(2,15)16/h3-4,9,13H,5-8H2,1-2H3. The summed E-state index contributed by atoms with van der Waals surface area (Å²) in [6.45, 7) is 0.476. The van der Waals surface area contributed by atoms with Crippen LogP contribution in [0.1, 0.15) is 5.56 Å². The van der Waals surface area contributed by atoms with Gasteiger partial charge in [-0.2, -0.15) is 0 Å². The highest BCUT2D eigenvalue weighted by Gasteiger charge is 2.26. The Labute approximate surface area is 125 Å². The number of nitrogens with one attached hydrogen (secondary N) is 1. The summed E-state index contributed by atoms with van der Waals surface area (Å²) in [5.41, 5.74) is 1.77. The third-order valence-electron chi connectivity index (χ3n) is 3.17. The summed E-state index contributed by atoms with van der Waals surface area (Å²) < 4.78 is 55.5. The van der Waals surface area contributed by atoms with Crippen molar-refractivity contribution in [2.75, 3.05) is 41.3 Å². The van der Waals surface area contributed by atoms with Gasteiger partial charge >= 0.3 is 0 Å². The fourth-order valence-electron chi connectivity index (χ4n) is 2.18. The number of sulfonamides is 2. The van der Waals surface area contributed by atoms with E-state index in [1.165, 1.54) is 11.4 Å². The highest BCUT2D eigenvalue weighted by Crippen LogP contribution is 2.32. The van der Waals surface area contributed by atoms with Crippen molar-refractivity contribution in [3.05, 3.63) is 23.8 Å². The maximum absolute atomic E-state index is 11.8. The van der Waals surface area contributed by atoms with Crippen LogP contribution in [0.25, 0.3) is 0 Å². The molecular weight excluding hydrogens is 316 g/mol. The molecule has 0 aromatic heterocycles. The average Bonchev–Trinajstić information content (AvgIpc) is 2.78. The zero-order valence-corrected chi connectivity index (χ0v) is 13.5. The maximum Gasteiger partial charge on any atom is 0.235 e. The number of methoxy groups -OCH3 is 1. The molecule has 0 saturated carbocycles. The molecular formula is C12H18N2O5S2. The van der Waals surface area contributed by atoms with Crippen molar-refractivity contribution in [3.8, 4) is 0 Å². The monoisotopic (exact) mass is 334 g/mol. The quantitative estimate of drug-likeness (QED) is 0.813. The molecule has 0 radical (unpaired) electrons. The number of fused-ring (bicyclic) bond motifs is 1. The molecule has 2 rings (SSSR count). The molecule has 0 saturated heterocycles. The molecule has 1 aromatic carbocycles. The molecule has 1 N–H and O–H groups in total. The Morgan fingerprint density at radius 2 is 2.00 bits per heavy atom. The molecule has 1 aliphatic heterocycles. The molecule has 1 aromatic rings. The Balaban J connectivity index is 2.26. The third kappa shape index (κ3) is 3.86. The van der Waals surface area contributed by atoms with E-state index < -0.39 is 20.0 Å². The number of hydrogen-bond donors (Lipinski definition) is 1. The van der Waals surface area contributed by atoms with Crippen molar-refractivity contribution >= 4 is 31.4 Å². The van der Waals surface area contributed by atoms with Crippen molar-refractivity contribution in [1.29, 1.82) is 0 Å². The zero-order chi connectivity index (χ0) is 15.7. The van der Waals surface area contributed by atoms with E-state index in [0.29, 0.717) is 24.3 Å². The first kappa shape index (κ1) is 16.1. The second kappa shape index (κ2) is 5.82. The number of nitrogens with zero attached hydrogens (tertiary/aromatic N) is 1. The normalized spacial score (nSPS) is 15.0. The van der Waals surface area contributed by atoms with Crippen molar-refractivity contribution in [2.45, 2.75) is 6.42 Å². The summed E-state index contributed by atoms with van der Waals surface area (Å²) in [4.78, 5) is 0. The van der Waals surface area contributed by atoms with Crippen LogP contribution in [0.3, 0.4) is 0 Å². The van der Waals surface area contributed by atoms with Gasteiger partial charge in [-0.05, 0) is 24.1 Å². The molecule has 1 aliphatic rings. The van der Waals surface area contributed by atoms with Crippen molar-refractivity contribution < 1.29 is 21.6 Å². The van der Waals surface area contributed by atoms with Gasteiger partial charge < -0.3 is 4.74 Å². The zero-order valence-electron chi connectivity index (χ0n) is 11.9. The Morgan fingerprint density at radius 3 is 2.62 bits per heavy atom. The predicted molar refractivity (Wildman–Crippen MR) is 81.6 cm³/mol. The van der Waals surface area contributed by atoms with Crippen LogP contribution in [0.4, 0.5) is 11.4 Å². The van der Waals surface area contributed by atoms with Crippen LogP contribution in [0, 0.1) is 0 Å². The van der Waals surface area contributed by atoms with Crippen LogP contribution < -0.4 is 9.03 Å². The lowest BCUT2D eigenvalue weighted by molar-refractivity contribution is 0.217. The van der Waals surface area contributed by atoms with Crippen LogP contribution in [-0.4, -0.2) is 49.1 Å². The third-order valence-corrected chi connectivity index (χ3v) is 5.60. The number of rotatable bonds is 6. The Morgan fingerprint density at radius 1 is 1.29 bits per heavy atom. The summed E-state index contributed by atoms with van der Waals surface area (Å²) in [7, 11) is -5.44. The second-order valence-corrected chi connectivity index (χ2v) is 8.59. The van der Waals surface area contributed by atoms with Gasteiger partial charge in [0.05, 0.1) is 30.0 Å². The van der Waals surface area contributed by atoms with Gasteiger partial charge in [0.1, 0.15) is 0 Å². The van der Waals surface area contributed by atoms with Gasteiger partial charge in [0.25, 0.3) is 0 Å². The number of ether oxygens (including phenoxy) is 1. The molecule has 0 bridgehead atoms. The minimum Gasteiger partial charge on any atom is -0.384 e. The molecule has 0 amide bonds. The van der Waals surface area contributed by atoms with Crippen LogP contribution >= 0.6 is 0 Å². The minimum absolute atomic E-state index is 0.0930. The van der Waals surface area contributed by atoms with Crippen LogP contribution in [0.5, 0.6) is 0 Å². The Kier molecular flexibility index (Phi) is 4.45. The smallest absolute Gasteiger partial charge is 0.235 e. The lowest BCUT2D eigenvalue weighted by Crippen LogP contribution is -2.27. The second-order valence-electron chi connectivity index (χ2n) is 4.84.